The summed E-state index contributed by atoms with van der Waals surface area (Å²) in [5.41, 5.74) is 1.09. The summed E-state index contributed by atoms with van der Waals surface area (Å²) in [6, 6.07) is 0.557. The molecule has 2 N–H and O–H groups in total. The number of nitrogens with one attached hydrogen (secondary N) is 2. The van der Waals surface area contributed by atoms with E-state index in [1.54, 1.807) is 0 Å². The van der Waals surface area contributed by atoms with Crippen molar-refractivity contribution in [2.24, 2.45) is 0 Å². The SMILES string of the molecule is CCNc1nc(C(C)C)nc(NCCN(C)C(C)C)c1C. The molecule has 0 fully saturated rings. The van der Waals surface area contributed by atoms with Crippen LogP contribution in [0, 0.1) is 6.92 Å². The van der Waals surface area contributed by atoms with E-state index in [-0.39, 0.29) is 0 Å². The molecule has 0 radical (unpaired) electrons. The number of hydrogen-bond acceptors (Lipinski definition) is 5. The second-order valence-corrected chi connectivity index (χ2v) is 6.09. The Labute approximate surface area is 129 Å². The van der Waals surface area contributed by atoms with Gasteiger partial charge in [0.15, 0.2) is 0 Å². The second kappa shape index (κ2) is 8.17. The van der Waals surface area contributed by atoms with Gasteiger partial charge < -0.3 is 15.5 Å². The van der Waals surface area contributed by atoms with Crippen LogP contribution in [0.5, 0.6) is 0 Å². The summed E-state index contributed by atoms with van der Waals surface area (Å²) in [6.07, 6.45) is 0. The van der Waals surface area contributed by atoms with Gasteiger partial charge in [-0.1, -0.05) is 13.8 Å². The molecule has 0 saturated heterocycles. The number of hydrogen-bond donors (Lipinski definition) is 2. The van der Waals surface area contributed by atoms with Gasteiger partial charge in [-0.3, -0.25) is 0 Å². The van der Waals surface area contributed by atoms with Crippen LogP contribution in [-0.2, 0) is 0 Å². The Hall–Kier alpha value is -1.36. The second-order valence-electron chi connectivity index (χ2n) is 6.09. The monoisotopic (exact) mass is 293 g/mol. The molecular weight excluding hydrogens is 262 g/mol. The smallest absolute Gasteiger partial charge is 0.135 e. The van der Waals surface area contributed by atoms with Crippen LogP contribution in [0.4, 0.5) is 11.6 Å². The molecule has 0 bridgehead atoms. The lowest BCUT2D eigenvalue weighted by molar-refractivity contribution is 0.284. The highest BCUT2D eigenvalue weighted by atomic mass is 15.1. The zero-order chi connectivity index (χ0) is 16.0. The fourth-order valence-corrected chi connectivity index (χ4v) is 1.91. The molecule has 120 valence electrons. The van der Waals surface area contributed by atoms with Crippen LogP contribution in [0.25, 0.3) is 0 Å². The molecular formula is C16H31N5. The zero-order valence-corrected chi connectivity index (χ0v) is 14.6. The molecule has 1 rings (SSSR count). The third-order valence-electron chi connectivity index (χ3n) is 3.66. The maximum Gasteiger partial charge on any atom is 0.135 e. The third kappa shape index (κ3) is 5.16. The summed E-state index contributed by atoms with van der Waals surface area (Å²) >= 11 is 0. The van der Waals surface area contributed by atoms with Crippen LogP contribution < -0.4 is 10.6 Å². The molecule has 1 aromatic heterocycles. The Morgan fingerprint density at radius 2 is 1.62 bits per heavy atom. The van der Waals surface area contributed by atoms with E-state index in [0.717, 1.165) is 42.7 Å². The van der Waals surface area contributed by atoms with E-state index in [2.05, 4.69) is 74.1 Å². The van der Waals surface area contributed by atoms with Crippen LogP contribution >= 0.6 is 0 Å². The lowest BCUT2D eigenvalue weighted by Crippen LogP contribution is -2.31. The third-order valence-corrected chi connectivity index (χ3v) is 3.66. The average molecular weight is 293 g/mol. The van der Waals surface area contributed by atoms with Crippen molar-refractivity contribution in [1.29, 1.82) is 0 Å². The van der Waals surface area contributed by atoms with Gasteiger partial charge in [-0.15, -0.1) is 0 Å². The number of rotatable bonds is 8. The summed E-state index contributed by atoms with van der Waals surface area (Å²) in [5.74, 6) is 3.09. The van der Waals surface area contributed by atoms with Gasteiger partial charge in [0.25, 0.3) is 0 Å². The van der Waals surface area contributed by atoms with Crippen molar-refractivity contribution >= 4 is 11.6 Å². The summed E-state index contributed by atoms with van der Waals surface area (Å²) in [7, 11) is 2.14. The maximum atomic E-state index is 4.68. The Morgan fingerprint density at radius 1 is 1.05 bits per heavy atom. The quantitative estimate of drug-likeness (QED) is 0.771. The molecule has 0 unspecified atom stereocenters. The lowest BCUT2D eigenvalue weighted by Gasteiger charge is -2.22. The van der Waals surface area contributed by atoms with Gasteiger partial charge in [-0.2, -0.15) is 0 Å². The fraction of sp³-hybridized carbons (Fsp3) is 0.750. The van der Waals surface area contributed by atoms with Crippen molar-refractivity contribution in [3.8, 4) is 0 Å². The van der Waals surface area contributed by atoms with Crippen molar-refractivity contribution in [2.45, 2.75) is 53.5 Å². The number of anilines is 2. The maximum absolute atomic E-state index is 4.68. The minimum Gasteiger partial charge on any atom is -0.370 e. The van der Waals surface area contributed by atoms with Crippen LogP contribution in [0.3, 0.4) is 0 Å². The highest BCUT2D eigenvalue weighted by Gasteiger charge is 2.12. The number of likely N-dealkylation sites (N-methyl/N-ethyl adjacent to an activating group) is 1. The summed E-state index contributed by atoms with van der Waals surface area (Å²) < 4.78 is 0. The predicted octanol–water partition coefficient (Wildman–Crippen LogP) is 3.09. The molecule has 21 heavy (non-hydrogen) atoms. The highest BCUT2D eigenvalue weighted by Crippen LogP contribution is 2.22. The van der Waals surface area contributed by atoms with Crippen LogP contribution in [0.15, 0.2) is 0 Å². The van der Waals surface area contributed by atoms with E-state index in [4.69, 9.17) is 0 Å². The molecule has 0 atom stereocenters. The Balaban J connectivity index is 2.84. The van der Waals surface area contributed by atoms with Gasteiger partial charge in [-0.05, 0) is 34.7 Å². The van der Waals surface area contributed by atoms with Gasteiger partial charge >= 0.3 is 0 Å². The predicted molar refractivity (Wildman–Crippen MR) is 91.3 cm³/mol. The first-order valence-electron chi connectivity index (χ1n) is 7.93. The van der Waals surface area contributed by atoms with Gasteiger partial charge in [0.05, 0.1) is 0 Å². The van der Waals surface area contributed by atoms with Gasteiger partial charge in [0.2, 0.25) is 0 Å². The fourth-order valence-electron chi connectivity index (χ4n) is 1.91. The van der Waals surface area contributed by atoms with Crippen molar-refractivity contribution in [2.75, 3.05) is 37.3 Å². The van der Waals surface area contributed by atoms with E-state index >= 15 is 0 Å². The first-order chi connectivity index (χ1) is 9.86. The molecule has 1 heterocycles. The van der Waals surface area contributed by atoms with Gasteiger partial charge in [0, 0.05) is 37.2 Å². The average Bonchev–Trinajstić information content (AvgIpc) is 2.42. The lowest BCUT2D eigenvalue weighted by atomic mass is 10.2. The van der Waals surface area contributed by atoms with E-state index in [1.165, 1.54) is 0 Å². The summed E-state index contributed by atoms with van der Waals surface area (Å²) in [5, 5.41) is 6.79. The van der Waals surface area contributed by atoms with Gasteiger partial charge in [0.1, 0.15) is 17.5 Å². The minimum atomic E-state index is 0.321. The minimum absolute atomic E-state index is 0.321. The number of nitrogens with zero attached hydrogens (tertiary/aromatic N) is 3. The van der Waals surface area contributed by atoms with Crippen molar-refractivity contribution in [1.82, 2.24) is 14.9 Å². The van der Waals surface area contributed by atoms with Gasteiger partial charge in [-0.25, -0.2) is 9.97 Å². The topological polar surface area (TPSA) is 53.1 Å². The Morgan fingerprint density at radius 3 is 2.10 bits per heavy atom. The van der Waals surface area contributed by atoms with Crippen LogP contribution in [-0.4, -0.2) is 47.6 Å². The molecule has 0 saturated carbocycles. The Bertz CT molecular complexity index is 443. The van der Waals surface area contributed by atoms with E-state index in [9.17, 15) is 0 Å². The van der Waals surface area contributed by atoms with E-state index in [1.807, 2.05) is 0 Å². The summed E-state index contributed by atoms with van der Waals surface area (Å²) in [6.45, 7) is 15.5. The molecule has 0 amide bonds. The van der Waals surface area contributed by atoms with Crippen molar-refractivity contribution in [3.63, 3.8) is 0 Å². The zero-order valence-electron chi connectivity index (χ0n) is 14.6. The largest absolute Gasteiger partial charge is 0.370 e. The summed E-state index contributed by atoms with van der Waals surface area (Å²) in [4.78, 5) is 11.6. The standard InChI is InChI=1S/C16H31N5/c1-8-17-15-13(6)16(20-14(19-15)11(2)3)18-9-10-21(7)12(4)5/h11-12H,8-10H2,1-7H3,(H2,17,18,19,20). The first-order valence-corrected chi connectivity index (χ1v) is 7.93. The molecule has 0 aliphatic carbocycles. The van der Waals surface area contributed by atoms with Crippen LogP contribution in [0.1, 0.15) is 51.9 Å². The molecule has 0 aliphatic heterocycles. The molecule has 0 aromatic carbocycles. The molecule has 1 aromatic rings. The molecule has 5 heteroatoms. The molecule has 0 aliphatic rings. The van der Waals surface area contributed by atoms with Crippen molar-refractivity contribution in [3.05, 3.63) is 11.4 Å². The van der Waals surface area contributed by atoms with E-state index in [0.29, 0.717) is 12.0 Å². The first kappa shape index (κ1) is 17.7. The highest BCUT2D eigenvalue weighted by molar-refractivity contribution is 5.57. The molecule has 0 spiro atoms. The molecule has 5 nitrogen and oxygen atoms in total. The van der Waals surface area contributed by atoms with E-state index < -0.39 is 0 Å². The van der Waals surface area contributed by atoms with Crippen LogP contribution in [0.2, 0.25) is 0 Å². The van der Waals surface area contributed by atoms with Crippen molar-refractivity contribution < 1.29 is 0 Å². The number of aromatic nitrogens is 2. The Kier molecular flexibility index (Phi) is 6.89. The normalized spacial score (nSPS) is 11.5.